The molecule has 17 heavy (non-hydrogen) atoms. The topological polar surface area (TPSA) is 24.5 Å². The van der Waals surface area contributed by atoms with Gasteiger partial charge in [-0.15, -0.1) is 0 Å². The van der Waals surface area contributed by atoms with Crippen molar-refractivity contribution in [3.63, 3.8) is 0 Å². The number of hydrogen-bond donors (Lipinski definition) is 1. The predicted octanol–water partition coefficient (Wildman–Crippen LogP) is 2.12. The summed E-state index contributed by atoms with van der Waals surface area (Å²) in [6.07, 6.45) is 5.31. The summed E-state index contributed by atoms with van der Waals surface area (Å²) in [5.41, 5.74) is 0. The lowest BCUT2D eigenvalue weighted by atomic mass is 9.94. The zero-order valence-electron chi connectivity index (χ0n) is 11.9. The van der Waals surface area contributed by atoms with E-state index in [1.165, 1.54) is 45.3 Å². The highest BCUT2D eigenvalue weighted by Crippen LogP contribution is 2.17. The largest absolute Gasteiger partial charge is 0.383 e. The second-order valence-corrected chi connectivity index (χ2v) is 5.27. The molecule has 1 saturated heterocycles. The van der Waals surface area contributed by atoms with Crippen LogP contribution in [-0.4, -0.2) is 50.8 Å². The van der Waals surface area contributed by atoms with Gasteiger partial charge in [0.15, 0.2) is 0 Å². The molecule has 1 unspecified atom stereocenters. The highest BCUT2D eigenvalue weighted by atomic mass is 16.5. The van der Waals surface area contributed by atoms with Gasteiger partial charge < -0.3 is 10.1 Å². The molecule has 1 heterocycles. The Morgan fingerprint density at radius 3 is 2.59 bits per heavy atom. The van der Waals surface area contributed by atoms with E-state index in [1.807, 2.05) is 0 Å². The van der Waals surface area contributed by atoms with Gasteiger partial charge in [-0.2, -0.15) is 0 Å². The molecule has 0 aliphatic carbocycles. The molecule has 0 bridgehead atoms. The van der Waals surface area contributed by atoms with Crippen molar-refractivity contribution in [2.75, 3.05) is 39.9 Å². The normalized spacial score (nSPS) is 19.8. The van der Waals surface area contributed by atoms with Gasteiger partial charge in [0.2, 0.25) is 0 Å². The van der Waals surface area contributed by atoms with Crippen molar-refractivity contribution in [3.05, 3.63) is 0 Å². The molecule has 1 aliphatic rings. The number of piperidine rings is 1. The smallest absolute Gasteiger partial charge is 0.0589 e. The Kier molecular flexibility index (Phi) is 7.82. The van der Waals surface area contributed by atoms with E-state index in [4.69, 9.17) is 4.74 Å². The standard InChI is InChI=1S/C14H30N2O/c1-4-13(2)16(11-12-17-3)10-7-14-5-8-15-9-6-14/h13-15H,4-12H2,1-3H3. The molecule has 0 aromatic heterocycles. The maximum atomic E-state index is 5.21. The fourth-order valence-electron chi connectivity index (χ4n) is 2.54. The molecule has 0 saturated carbocycles. The number of methoxy groups -OCH3 is 1. The molecule has 1 atom stereocenters. The molecular formula is C14H30N2O. The number of nitrogens with one attached hydrogen (secondary N) is 1. The lowest BCUT2D eigenvalue weighted by Crippen LogP contribution is -2.38. The second kappa shape index (κ2) is 8.90. The summed E-state index contributed by atoms with van der Waals surface area (Å²) in [5, 5.41) is 3.44. The molecule has 3 nitrogen and oxygen atoms in total. The van der Waals surface area contributed by atoms with E-state index in [9.17, 15) is 0 Å². The van der Waals surface area contributed by atoms with Crippen LogP contribution in [0.25, 0.3) is 0 Å². The van der Waals surface area contributed by atoms with Gasteiger partial charge in [-0.3, -0.25) is 4.90 Å². The fourth-order valence-corrected chi connectivity index (χ4v) is 2.54. The average molecular weight is 242 g/mol. The van der Waals surface area contributed by atoms with Gasteiger partial charge in [-0.05, 0) is 58.2 Å². The summed E-state index contributed by atoms with van der Waals surface area (Å²) in [5.74, 6) is 0.936. The monoisotopic (exact) mass is 242 g/mol. The second-order valence-electron chi connectivity index (χ2n) is 5.27. The Labute approximate surface area is 107 Å². The van der Waals surface area contributed by atoms with Crippen LogP contribution in [0.1, 0.15) is 39.5 Å². The SMILES string of the molecule is CCC(C)N(CCOC)CCC1CCNCC1. The molecule has 0 aromatic carbocycles. The molecule has 0 spiro atoms. The van der Waals surface area contributed by atoms with Gasteiger partial charge in [0.25, 0.3) is 0 Å². The van der Waals surface area contributed by atoms with Crippen LogP contribution < -0.4 is 5.32 Å². The number of hydrogen-bond acceptors (Lipinski definition) is 3. The first-order valence-corrected chi connectivity index (χ1v) is 7.21. The van der Waals surface area contributed by atoms with E-state index in [1.54, 1.807) is 7.11 Å². The summed E-state index contributed by atoms with van der Waals surface area (Å²) in [6.45, 7) is 10.2. The van der Waals surface area contributed by atoms with Crippen LogP contribution in [0.5, 0.6) is 0 Å². The molecule has 1 fully saturated rings. The number of nitrogens with zero attached hydrogens (tertiary/aromatic N) is 1. The Hall–Kier alpha value is -0.120. The molecule has 1 aliphatic heterocycles. The van der Waals surface area contributed by atoms with Gasteiger partial charge in [0.05, 0.1) is 6.61 Å². The van der Waals surface area contributed by atoms with Gasteiger partial charge in [0, 0.05) is 19.7 Å². The summed E-state index contributed by atoms with van der Waals surface area (Å²) < 4.78 is 5.21. The van der Waals surface area contributed by atoms with Crippen molar-refractivity contribution in [2.45, 2.75) is 45.6 Å². The highest BCUT2D eigenvalue weighted by Gasteiger charge is 2.16. The Bertz CT molecular complexity index is 181. The molecule has 1 N–H and O–H groups in total. The van der Waals surface area contributed by atoms with Crippen molar-refractivity contribution >= 4 is 0 Å². The predicted molar refractivity (Wildman–Crippen MR) is 73.4 cm³/mol. The zero-order valence-corrected chi connectivity index (χ0v) is 11.9. The van der Waals surface area contributed by atoms with Gasteiger partial charge in [-0.25, -0.2) is 0 Å². The minimum Gasteiger partial charge on any atom is -0.383 e. The third kappa shape index (κ3) is 5.84. The Morgan fingerprint density at radius 1 is 1.29 bits per heavy atom. The first-order valence-electron chi connectivity index (χ1n) is 7.21. The van der Waals surface area contributed by atoms with E-state index in [0.717, 1.165) is 19.1 Å². The van der Waals surface area contributed by atoms with E-state index < -0.39 is 0 Å². The van der Waals surface area contributed by atoms with Crippen molar-refractivity contribution in [3.8, 4) is 0 Å². The quantitative estimate of drug-likeness (QED) is 0.705. The van der Waals surface area contributed by atoms with Crippen LogP contribution in [0.15, 0.2) is 0 Å². The molecular weight excluding hydrogens is 212 g/mol. The highest BCUT2D eigenvalue weighted by molar-refractivity contribution is 4.72. The molecule has 0 amide bonds. The summed E-state index contributed by atoms with van der Waals surface area (Å²) in [6, 6.07) is 0.687. The Balaban J connectivity index is 2.26. The first-order chi connectivity index (χ1) is 8.27. The lowest BCUT2D eigenvalue weighted by Gasteiger charge is -2.31. The lowest BCUT2D eigenvalue weighted by molar-refractivity contribution is 0.115. The van der Waals surface area contributed by atoms with Gasteiger partial charge >= 0.3 is 0 Å². The fraction of sp³-hybridized carbons (Fsp3) is 1.00. The third-order valence-corrected chi connectivity index (χ3v) is 4.08. The van der Waals surface area contributed by atoms with Crippen LogP contribution in [0, 0.1) is 5.92 Å². The number of ether oxygens (including phenoxy) is 1. The summed E-state index contributed by atoms with van der Waals surface area (Å²) in [7, 11) is 1.79. The number of rotatable bonds is 8. The van der Waals surface area contributed by atoms with Crippen LogP contribution in [-0.2, 0) is 4.74 Å². The minimum absolute atomic E-state index is 0.687. The van der Waals surface area contributed by atoms with Crippen molar-refractivity contribution in [1.29, 1.82) is 0 Å². The van der Waals surface area contributed by atoms with E-state index in [2.05, 4.69) is 24.1 Å². The van der Waals surface area contributed by atoms with Crippen LogP contribution in [0.2, 0.25) is 0 Å². The zero-order chi connectivity index (χ0) is 12.5. The van der Waals surface area contributed by atoms with Crippen molar-refractivity contribution < 1.29 is 4.74 Å². The van der Waals surface area contributed by atoms with E-state index >= 15 is 0 Å². The summed E-state index contributed by atoms with van der Waals surface area (Å²) in [4.78, 5) is 2.59. The van der Waals surface area contributed by atoms with Crippen LogP contribution >= 0.6 is 0 Å². The maximum absolute atomic E-state index is 5.21. The maximum Gasteiger partial charge on any atom is 0.0589 e. The average Bonchev–Trinajstić information content (AvgIpc) is 2.39. The van der Waals surface area contributed by atoms with Crippen molar-refractivity contribution in [2.24, 2.45) is 5.92 Å². The first kappa shape index (κ1) is 14.9. The van der Waals surface area contributed by atoms with E-state index in [0.29, 0.717) is 6.04 Å². The minimum atomic E-state index is 0.687. The molecule has 0 radical (unpaired) electrons. The van der Waals surface area contributed by atoms with E-state index in [-0.39, 0.29) is 0 Å². The van der Waals surface area contributed by atoms with Crippen LogP contribution in [0.3, 0.4) is 0 Å². The van der Waals surface area contributed by atoms with Crippen LogP contribution in [0.4, 0.5) is 0 Å². The Morgan fingerprint density at radius 2 is 2.00 bits per heavy atom. The summed E-state index contributed by atoms with van der Waals surface area (Å²) >= 11 is 0. The molecule has 0 aromatic rings. The molecule has 102 valence electrons. The third-order valence-electron chi connectivity index (χ3n) is 4.08. The molecule has 1 rings (SSSR count). The van der Waals surface area contributed by atoms with Gasteiger partial charge in [0.1, 0.15) is 0 Å². The van der Waals surface area contributed by atoms with Crippen molar-refractivity contribution in [1.82, 2.24) is 10.2 Å². The molecule has 3 heteroatoms. The van der Waals surface area contributed by atoms with Gasteiger partial charge in [-0.1, -0.05) is 6.92 Å².